The first-order valence-corrected chi connectivity index (χ1v) is 8.67. The van der Waals surface area contributed by atoms with Gasteiger partial charge in [0.25, 0.3) is 0 Å². The molecule has 2 aromatic rings. The van der Waals surface area contributed by atoms with E-state index >= 15 is 0 Å². The van der Waals surface area contributed by atoms with E-state index in [4.69, 9.17) is 14.2 Å². The second-order valence-electron chi connectivity index (χ2n) is 5.95. The van der Waals surface area contributed by atoms with E-state index in [-0.39, 0.29) is 24.8 Å². The number of hydrogen-bond donors (Lipinski definition) is 0. The largest absolute Gasteiger partial charge is 0.482 e. The van der Waals surface area contributed by atoms with Crippen LogP contribution in [0.15, 0.2) is 60.9 Å². The smallest absolute Gasteiger partial charge is 0.344 e. The van der Waals surface area contributed by atoms with Gasteiger partial charge < -0.3 is 14.2 Å². The van der Waals surface area contributed by atoms with E-state index in [2.05, 4.69) is 13.5 Å². The summed E-state index contributed by atoms with van der Waals surface area (Å²) in [6.45, 7) is 5.47. The molecule has 0 amide bonds. The molecule has 3 rings (SSSR count). The molecule has 0 saturated heterocycles. The number of carbonyl (C=O) groups excluding carboxylic acids is 2. The number of ether oxygens (including phenoxy) is 3. The molecule has 1 aliphatic heterocycles. The van der Waals surface area contributed by atoms with Crippen LogP contribution in [0.4, 0.5) is 0 Å². The number of fused-ring (bicyclic) bond motifs is 1. The van der Waals surface area contributed by atoms with Gasteiger partial charge in [-0.15, -0.1) is 0 Å². The lowest BCUT2D eigenvalue weighted by Gasteiger charge is -2.06. The lowest BCUT2D eigenvalue weighted by Crippen LogP contribution is -2.14. The van der Waals surface area contributed by atoms with Crippen molar-refractivity contribution >= 4 is 17.8 Å². The third kappa shape index (κ3) is 4.44. The van der Waals surface area contributed by atoms with E-state index in [0.717, 1.165) is 12.0 Å². The first kappa shape index (κ1) is 18.5. The Kier molecular flexibility index (Phi) is 5.71. The average Bonchev–Trinajstić information content (AvgIpc) is 3.00. The molecule has 0 bridgehead atoms. The minimum Gasteiger partial charge on any atom is -0.482 e. The zero-order chi connectivity index (χ0) is 19.2. The van der Waals surface area contributed by atoms with Crippen LogP contribution in [0, 0.1) is 0 Å². The molecule has 138 valence electrons. The number of esters is 1. The van der Waals surface area contributed by atoms with Crippen LogP contribution in [0.1, 0.15) is 28.4 Å². The number of ketones is 1. The predicted molar refractivity (Wildman–Crippen MR) is 102 cm³/mol. The third-order valence-corrected chi connectivity index (χ3v) is 4.05. The highest BCUT2D eigenvalue weighted by Crippen LogP contribution is 2.34. The van der Waals surface area contributed by atoms with Gasteiger partial charge in [0.2, 0.25) is 5.78 Å². The van der Waals surface area contributed by atoms with Crippen molar-refractivity contribution in [3.63, 3.8) is 0 Å². The van der Waals surface area contributed by atoms with Crippen LogP contribution in [0.5, 0.6) is 11.5 Å². The second kappa shape index (κ2) is 8.36. The maximum absolute atomic E-state index is 12.5. The monoisotopic (exact) mass is 364 g/mol. The molecule has 1 aliphatic rings. The van der Waals surface area contributed by atoms with Crippen molar-refractivity contribution in [1.82, 2.24) is 0 Å². The zero-order valence-corrected chi connectivity index (χ0v) is 15.1. The number of Topliss-reactive ketones (excluding diaryl/α,β-unsaturated/α-hetero) is 1. The van der Waals surface area contributed by atoms with E-state index in [1.807, 2.05) is 24.3 Å². The number of benzene rings is 2. The van der Waals surface area contributed by atoms with Crippen molar-refractivity contribution in [2.24, 2.45) is 0 Å². The molecule has 5 heteroatoms. The average molecular weight is 364 g/mol. The summed E-state index contributed by atoms with van der Waals surface area (Å²) in [7, 11) is 0. The van der Waals surface area contributed by atoms with E-state index in [1.165, 1.54) is 11.6 Å². The lowest BCUT2D eigenvalue weighted by atomic mass is 10.1. The van der Waals surface area contributed by atoms with Crippen molar-refractivity contribution in [2.45, 2.75) is 13.3 Å². The van der Waals surface area contributed by atoms with Crippen molar-refractivity contribution < 1.29 is 23.8 Å². The molecule has 5 nitrogen and oxygen atoms in total. The van der Waals surface area contributed by atoms with Gasteiger partial charge >= 0.3 is 5.97 Å². The molecular weight excluding hydrogens is 344 g/mol. The predicted octanol–water partition coefficient (Wildman–Crippen LogP) is 3.97. The van der Waals surface area contributed by atoms with E-state index in [1.54, 1.807) is 24.3 Å². The van der Waals surface area contributed by atoms with Crippen molar-refractivity contribution in [3.05, 3.63) is 77.6 Å². The molecular formula is C22H20O5. The Balaban J connectivity index is 1.70. The molecule has 0 fully saturated rings. The highest BCUT2D eigenvalue weighted by atomic mass is 16.6. The third-order valence-electron chi connectivity index (χ3n) is 4.05. The summed E-state index contributed by atoms with van der Waals surface area (Å²) in [5, 5.41) is 0. The number of rotatable bonds is 7. The van der Waals surface area contributed by atoms with Crippen LogP contribution in [-0.2, 0) is 16.0 Å². The second-order valence-corrected chi connectivity index (χ2v) is 5.95. The van der Waals surface area contributed by atoms with Gasteiger partial charge in [-0.05, 0) is 35.8 Å². The van der Waals surface area contributed by atoms with Crippen molar-refractivity contribution in [3.8, 4) is 11.5 Å². The normalized spacial score (nSPS) is 13.8. The van der Waals surface area contributed by atoms with Crippen LogP contribution >= 0.6 is 0 Å². The van der Waals surface area contributed by atoms with Gasteiger partial charge in [-0.25, -0.2) is 4.79 Å². The molecule has 27 heavy (non-hydrogen) atoms. The molecule has 0 saturated carbocycles. The lowest BCUT2D eigenvalue weighted by molar-refractivity contribution is -0.144. The Morgan fingerprint density at radius 3 is 2.67 bits per heavy atom. The summed E-state index contributed by atoms with van der Waals surface area (Å²) >= 11 is 0. The maximum atomic E-state index is 12.5. The summed E-state index contributed by atoms with van der Waals surface area (Å²) in [4.78, 5) is 24.0. The van der Waals surface area contributed by atoms with Gasteiger partial charge in [-0.2, -0.15) is 0 Å². The highest BCUT2D eigenvalue weighted by Gasteiger charge is 2.27. The summed E-state index contributed by atoms with van der Waals surface area (Å²) in [6, 6.07) is 12.8. The SMILES string of the molecule is C=CCOC(=O)COc1ccc2c(c1)O/C(=C/c1ccc(CC)cc1)C2=O. The Labute approximate surface area is 157 Å². The van der Waals surface area contributed by atoms with Crippen LogP contribution in [0.2, 0.25) is 0 Å². The fourth-order valence-corrected chi connectivity index (χ4v) is 2.59. The van der Waals surface area contributed by atoms with Gasteiger partial charge in [0, 0.05) is 6.07 Å². The molecule has 0 spiro atoms. The first-order chi connectivity index (χ1) is 13.1. The van der Waals surface area contributed by atoms with E-state index in [9.17, 15) is 9.59 Å². The highest BCUT2D eigenvalue weighted by molar-refractivity contribution is 6.14. The minimum absolute atomic E-state index is 0.136. The van der Waals surface area contributed by atoms with E-state index < -0.39 is 5.97 Å². The summed E-state index contributed by atoms with van der Waals surface area (Å²) < 4.78 is 15.9. The summed E-state index contributed by atoms with van der Waals surface area (Å²) in [6.07, 6.45) is 4.16. The Morgan fingerprint density at radius 2 is 1.96 bits per heavy atom. The quantitative estimate of drug-likeness (QED) is 0.423. The Morgan fingerprint density at radius 1 is 1.19 bits per heavy atom. The fourth-order valence-electron chi connectivity index (χ4n) is 2.59. The van der Waals surface area contributed by atoms with Crippen LogP contribution in [0.3, 0.4) is 0 Å². The van der Waals surface area contributed by atoms with Gasteiger partial charge in [0.05, 0.1) is 5.56 Å². The summed E-state index contributed by atoms with van der Waals surface area (Å²) in [5.41, 5.74) is 2.59. The van der Waals surface area contributed by atoms with Gasteiger partial charge in [0.15, 0.2) is 12.4 Å². The molecule has 1 heterocycles. The van der Waals surface area contributed by atoms with Crippen molar-refractivity contribution in [2.75, 3.05) is 13.2 Å². The maximum Gasteiger partial charge on any atom is 0.344 e. The van der Waals surface area contributed by atoms with Crippen LogP contribution < -0.4 is 9.47 Å². The fraction of sp³-hybridized carbons (Fsp3) is 0.182. The molecule has 0 aromatic heterocycles. The van der Waals surface area contributed by atoms with Crippen molar-refractivity contribution in [1.29, 1.82) is 0 Å². The minimum atomic E-state index is -0.497. The number of aryl methyl sites for hydroxylation is 1. The van der Waals surface area contributed by atoms with E-state index in [0.29, 0.717) is 17.1 Å². The Bertz CT molecular complexity index is 893. The molecule has 0 N–H and O–H groups in total. The molecule has 0 radical (unpaired) electrons. The molecule has 0 atom stereocenters. The summed E-state index contributed by atoms with van der Waals surface area (Å²) in [5.74, 6) is 0.417. The Hall–Kier alpha value is -3.34. The zero-order valence-electron chi connectivity index (χ0n) is 15.1. The molecule has 0 unspecified atom stereocenters. The van der Waals surface area contributed by atoms with Gasteiger partial charge in [-0.3, -0.25) is 4.79 Å². The first-order valence-electron chi connectivity index (χ1n) is 8.67. The molecule has 0 aliphatic carbocycles. The molecule has 2 aromatic carbocycles. The number of carbonyl (C=O) groups is 2. The number of hydrogen-bond acceptors (Lipinski definition) is 5. The van der Waals surface area contributed by atoms with Crippen LogP contribution in [0.25, 0.3) is 6.08 Å². The van der Waals surface area contributed by atoms with Gasteiger partial charge in [-0.1, -0.05) is 43.8 Å². The standard InChI is InChI=1S/C22H20O5/c1-3-11-25-21(23)14-26-17-9-10-18-19(13-17)27-20(22(18)24)12-16-7-5-15(4-2)6-8-16/h3,5-10,12-13H,1,4,11,14H2,2H3/b20-12+. The topological polar surface area (TPSA) is 61.8 Å². The van der Waals surface area contributed by atoms with Crippen LogP contribution in [-0.4, -0.2) is 25.0 Å². The number of allylic oxidation sites excluding steroid dienone is 1. The van der Waals surface area contributed by atoms with Gasteiger partial charge in [0.1, 0.15) is 18.1 Å².